The van der Waals surface area contributed by atoms with Crippen molar-refractivity contribution in [1.82, 2.24) is 15.8 Å². The van der Waals surface area contributed by atoms with Crippen LogP contribution in [0.15, 0.2) is 39.8 Å². The average molecular weight is 414 g/mol. The topological polar surface area (TPSA) is 91.5 Å². The molecule has 1 heterocycles. The van der Waals surface area contributed by atoms with Crippen LogP contribution < -0.4 is 16.0 Å². The van der Waals surface area contributed by atoms with Crippen LogP contribution in [0.4, 0.5) is 5.69 Å². The summed E-state index contributed by atoms with van der Waals surface area (Å²) in [6.45, 7) is 10.1. The SMILES string of the molecule is CCCC(=O)Nc1cccc(CN=C(NCC)NCc2cc(C(CC)CC)no2)c1. The number of hydrogen-bond donors (Lipinski definition) is 3. The molecule has 164 valence electrons. The van der Waals surface area contributed by atoms with Gasteiger partial charge in [0.15, 0.2) is 11.7 Å². The molecule has 0 radical (unpaired) electrons. The molecule has 1 amide bonds. The first-order valence-electron chi connectivity index (χ1n) is 11.0. The van der Waals surface area contributed by atoms with Crippen LogP contribution in [-0.4, -0.2) is 23.6 Å². The number of aliphatic imine (C=N–C) groups is 1. The summed E-state index contributed by atoms with van der Waals surface area (Å²) in [7, 11) is 0. The Balaban J connectivity index is 1.97. The molecule has 0 unspecified atom stereocenters. The smallest absolute Gasteiger partial charge is 0.224 e. The van der Waals surface area contributed by atoms with Gasteiger partial charge in [-0.25, -0.2) is 4.99 Å². The Morgan fingerprint density at radius 3 is 2.63 bits per heavy atom. The first kappa shape index (κ1) is 23.4. The maximum absolute atomic E-state index is 11.8. The molecular formula is C23H35N5O2. The molecule has 0 saturated heterocycles. The summed E-state index contributed by atoms with van der Waals surface area (Å²) in [6, 6.07) is 9.81. The highest BCUT2D eigenvalue weighted by Crippen LogP contribution is 2.22. The number of aromatic nitrogens is 1. The van der Waals surface area contributed by atoms with Gasteiger partial charge < -0.3 is 20.5 Å². The van der Waals surface area contributed by atoms with Gasteiger partial charge in [-0.1, -0.05) is 38.1 Å². The normalized spacial score (nSPS) is 11.6. The largest absolute Gasteiger partial charge is 0.359 e. The Labute approximate surface area is 179 Å². The first-order chi connectivity index (χ1) is 14.6. The number of guanidine groups is 1. The molecule has 0 spiro atoms. The summed E-state index contributed by atoms with van der Waals surface area (Å²) in [6.07, 6.45) is 3.46. The summed E-state index contributed by atoms with van der Waals surface area (Å²) < 4.78 is 5.48. The van der Waals surface area contributed by atoms with Gasteiger partial charge in [-0.2, -0.15) is 0 Å². The predicted octanol–water partition coefficient (Wildman–Crippen LogP) is 4.57. The number of hydrogen-bond acceptors (Lipinski definition) is 4. The van der Waals surface area contributed by atoms with Crippen molar-refractivity contribution >= 4 is 17.6 Å². The minimum atomic E-state index is 0.0352. The van der Waals surface area contributed by atoms with E-state index in [4.69, 9.17) is 4.52 Å². The molecular weight excluding hydrogens is 378 g/mol. The molecule has 0 saturated carbocycles. The minimum absolute atomic E-state index is 0.0352. The summed E-state index contributed by atoms with van der Waals surface area (Å²) in [5.41, 5.74) is 2.84. The zero-order valence-corrected chi connectivity index (χ0v) is 18.6. The Kier molecular flexibility index (Phi) is 9.91. The molecule has 0 aliphatic heterocycles. The molecule has 7 nitrogen and oxygen atoms in total. The number of nitrogens with zero attached hydrogens (tertiary/aromatic N) is 2. The van der Waals surface area contributed by atoms with E-state index >= 15 is 0 Å². The van der Waals surface area contributed by atoms with Crippen molar-refractivity contribution in [3.63, 3.8) is 0 Å². The van der Waals surface area contributed by atoms with Crippen molar-refractivity contribution in [3.8, 4) is 0 Å². The zero-order valence-electron chi connectivity index (χ0n) is 18.6. The van der Waals surface area contributed by atoms with E-state index in [0.717, 1.165) is 48.5 Å². The number of nitrogens with one attached hydrogen (secondary N) is 3. The van der Waals surface area contributed by atoms with Gasteiger partial charge in [0, 0.05) is 30.6 Å². The van der Waals surface area contributed by atoms with Crippen molar-refractivity contribution in [2.24, 2.45) is 4.99 Å². The summed E-state index contributed by atoms with van der Waals surface area (Å²) in [5, 5.41) is 13.7. The van der Waals surface area contributed by atoms with Crippen LogP contribution in [0.2, 0.25) is 0 Å². The number of carbonyl (C=O) groups is 1. The van der Waals surface area contributed by atoms with Crippen molar-refractivity contribution in [2.45, 2.75) is 72.4 Å². The van der Waals surface area contributed by atoms with E-state index in [1.807, 2.05) is 44.2 Å². The predicted molar refractivity (Wildman–Crippen MR) is 121 cm³/mol. The molecule has 3 N–H and O–H groups in total. The lowest BCUT2D eigenvalue weighted by molar-refractivity contribution is -0.116. The van der Waals surface area contributed by atoms with Crippen LogP contribution in [0.3, 0.4) is 0 Å². The molecule has 30 heavy (non-hydrogen) atoms. The number of anilines is 1. The van der Waals surface area contributed by atoms with Crippen LogP contribution in [-0.2, 0) is 17.9 Å². The third-order valence-corrected chi connectivity index (χ3v) is 4.86. The highest BCUT2D eigenvalue weighted by atomic mass is 16.5. The van der Waals surface area contributed by atoms with Gasteiger partial charge in [0.1, 0.15) is 0 Å². The van der Waals surface area contributed by atoms with Crippen molar-refractivity contribution in [3.05, 3.63) is 47.3 Å². The fraction of sp³-hybridized carbons (Fsp3) is 0.522. The van der Waals surface area contributed by atoms with E-state index < -0.39 is 0 Å². The Hall–Kier alpha value is -2.83. The van der Waals surface area contributed by atoms with Crippen molar-refractivity contribution in [2.75, 3.05) is 11.9 Å². The van der Waals surface area contributed by atoms with Crippen LogP contribution in [0.25, 0.3) is 0 Å². The van der Waals surface area contributed by atoms with Crippen molar-refractivity contribution < 1.29 is 9.32 Å². The van der Waals surface area contributed by atoms with Gasteiger partial charge in [-0.05, 0) is 43.9 Å². The highest BCUT2D eigenvalue weighted by Gasteiger charge is 2.13. The van der Waals surface area contributed by atoms with E-state index in [-0.39, 0.29) is 5.91 Å². The molecule has 2 aromatic rings. The van der Waals surface area contributed by atoms with Crippen LogP contribution in [0, 0.1) is 0 Å². The molecule has 0 aliphatic carbocycles. The number of amides is 1. The standard InChI is InChI=1S/C23H35N5O2/c1-5-10-22(29)27-19-12-9-11-17(13-19)15-25-23(24-8-4)26-16-20-14-21(28-30-20)18(6-2)7-3/h9,11-14,18H,5-8,10,15-16H2,1-4H3,(H,27,29)(H2,24,25,26). The fourth-order valence-corrected chi connectivity index (χ4v) is 3.19. The number of rotatable bonds is 11. The second-order valence-corrected chi connectivity index (χ2v) is 7.28. The third kappa shape index (κ3) is 7.54. The van der Waals surface area contributed by atoms with E-state index in [0.29, 0.717) is 31.4 Å². The average Bonchev–Trinajstić information content (AvgIpc) is 3.20. The molecule has 2 rings (SSSR count). The molecule has 7 heteroatoms. The zero-order chi connectivity index (χ0) is 21.8. The monoisotopic (exact) mass is 413 g/mol. The van der Waals surface area contributed by atoms with Gasteiger partial charge in [-0.3, -0.25) is 4.79 Å². The van der Waals surface area contributed by atoms with Crippen LogP contribution >= 0.6 is 0 Å². The van der Waals surface area contributed by atoms with Crippen molar-refractivity contribution in [1.29, 1.82) is 0 Å². The molecule has 0 atom stereocenters. The van der Waals surface area contributed by atoms with E-state index in [1.54, 1.807) is 0 Å². The number of benzene rings is 1. The van der Waals surface area contributed by atoms with Gasteiger partial charge in [-0.15, -0.1) is 0 Å². The van der Waals surface area contributed by atoms with Crippen LogP contribution in [0.1, 0.15) is 76.3 Å². The number of carbonyl (C=O) groups excluding carboxylic acids is 1. The molecule has 1 aromatic heterocycles. The second kappa shape index (κ2) is 12.7. The summed E-state index contributed by atoms with van der Waals surface area (Å²) in [5.74, 6) is 1.98. The quantitative estimate of drug-likeness (QED) is 0.371. The Bertz CT molecular complexity index is 811. The van der Waals surface area contributed by atoms with Gasteiger partial charge >= 0.3 is 0 Å². The molecule has 0 aliphatic rings. The lowest BCUT2D eigenvalue weighted by Crippen LogP contribution is -2.36. The van der Waals surface area contributed by atoms with E-state index in [9.17, 15) is 4.79 Å². The maximum atomic E-state index is 11.8. The van der Waals surface area contributed by atoms with E-state index in [2.05, 4.69) is 39.9 Å². The Morgan fingerprint density at radius 1 is 1.13 bits per heavy atom. The second-order valence-electron chi connectivity index (χ2n) is 7.28. The first-order valence-corrected chi connectivity index (χ1v) is 11.0. The van der Waals surface area contributed by atoms with Gasteiger partial charge in [0.25, 0.3) is 0 Å². The lowest BCUT2D eigenvalue weighted by Gasteiger charge is -2.10. The molecule has 0 fully saturated rings. The maximum Gasteiger partial charge on any atom is 0.224 e. The Morgan fingerprint density at radius 2 is 1.93 bits per heavy atom. The highest BCUT2D eigenvalue weighted by molar-refractivity contribution is 5.90. The van der Waals surface area contributed by atoms with Gasteiger partial charge in [0.05, 0.1) is 18.8 Å². The van der Waals surface area contributed by atoms with Crippen LogP contribution in [0.5, 0.6) is 0 Å². The lowest BCUT2D eigenvalue weighted by atomic mass is 9.99. The fourth-order valence-electron chi connectivity index (χ4n) is 3.19. The minimum Gasteiger partial charge on any atom is -0.359 e. The van der Waals surface area contributed by atoms with E-state index in [1.165, 1.54) is 0 Å². The molecule has 0 bridgehead atoms. The molecule has 1 aromatic carbocycles. The van der Waals surface area contributed by atoms with Gasteiger partial charge in [0.2, 0.25) is 5.91 Å². The summed E-state index contributed by atoms with van der Waals surface area (Å²) >= 11 is 0. The third-order valence-electron chi connectivity index (χ3n) is 4.86. The summed E-state index contributed by atoms with van der Waals surface area (Å²) in [4.78, 5) is 16.5.